The molecule has 0 heterocycles. The van der Waals surface area contributed by atoms with Crippen LogP contribution in [-0.2, 0) is 14.6 Å². The van der Waals surface area contributed by atoms with Gasteiger partial charge in [0.15, 0.2) is 0 Å². The smallest absolute Gasteiger partial charge is 0.726 e. The zero-order valence-electron chi connectivity index (χ0n) is 9.58. The Morgan fingerprint density at radius 3 is 2.33 bits per heavy atom. The van der Waals surface area contributed by atoms with Crippen LogP contribution < -0.4 is 34.3 Å². The SMILES string of the molecule is O=S(=O)([O-])OC(CO)COc1ccc(Cl)cc1.[Na+]. The van der Waals surface area contributed by atoms with Crippen molar-refractivity contribution in [1.29, 1.82) is 0 Å². The van der Waals surface area contributed by atoms with E-state index in [2.05, 4.69) is 4.18 Å². The second-order valence-electron chi connectivity index (χ2n) is 3.07. The number of benzene rings is 1. The summed E-state index contributed by atoms with van der Waals surface area (Å²) in [5, 5.41) is 9.30. The third-order valence-electron chi connectivity index (χ3n) is 1.71. The van der Waals surface area contributed by atoms with E-state index in [1.54, 1.807) is 24.3 Å². The topological polar surface area (TPSA) is 95.9 Å². The molecule has 1 atom stereocenters. The number of hydrogen-bond acceptors (Lipinski definition) is 6. The first kappa shape index (κ1) is 18.1. The van der Waals surface area contributed by atoms with Gasteiger partial charge in [-0.15, -0.1) is 0 Å². The minimum Gasteiger partial charge on any atom is -0.726 e. The molecule has 18 heavy (non-hydrogen) atoms. The zero-order chi connectivity index (χ0) is 12.9. The van der Waals surface area contributed by atoms with Gasteiger partial charge in [0.1, 0.15) is 18.5 Å². The quantitative estimate of drug-likeness (QED) is 0.356. The summed E-state index contributed by atoms with van der Waals surface area (Å²) in [5.74, 6) is 0.416. The Kier molecular flexibility index (Phi) is 8.40. The van der Waals surface area contributed by atoms with E-state index >= 15 is 0 Å². The molecule has 1 aromatic rings. The molecule has 0 aliphatic carbocycles. The fraction of sp³-hybridized carbons (Fsp3) is 0.333. The Balaban J connectivity index is 0.00000289. The summed E-state index contributed by atoms with van der Waals surface area (Å²) < 4.78 is 40.0. The molecular formula is C9H10ClNaO6S. The molecule has 0 amide bonds. The first-order valence-electron chi connectivity index (χ1n) is 4.54. The monoisotopic (exact) mass is 304 g/mol. The van der Waals surface area contributed by atoms with Crippen LogP contribution in [0.3, 0.4) is 0 Å². The molecule has 0 saturated carbocycles. The number of hydrogen-bond donors (Lipinski definition) is 1. The molecule has 96 valence electrons. The van der Waals surface area contributed by atoms with Crippen LogP contribution in [0.4, 0.5) is 0 Å². The van der Waals surface area contributed by atoms with Gasteiger partial charge in [0, 0.05) is 5.02 Å². The van der Waals surface area contributed by atoms with Crippen molar-refractivity contribution in [2.75, 3.05) is 13.2 Å². The van der Waals surface area contributed by atoms with Crippen molar-refractivity contribution in [1.82, 2.24) is 0 Å². The first-order valence-corrected chi connectivity index (χ1v) is 6.25. The minimum absolute atomic E-state index is 0. The summed E-state index contributed by atoms with van der Waals surface area (Å²) in [6.45, 7) is -0.908. The number of ether oxygens (including phenoxy) is 1. The van der Waals surface area contributed by atoms with Gasteiger partial charge in [-0.05, 0) is 24.3 Å². The number of rotatable bonds is 6. The normalized spacial score (nSPS) is 12.6. The molecule has 0 aliphatic rings. The van der Waals surface area contributed by atoms with Crippen molar-refractivity contribution in [3.8, 4) is 5.75 Å². The zero-order valence-corrected chi connectivity index (χ0v) is 13.1. The summed E-state index contributed by atoms with van der Waals surface area (Å²) in [7, 11) is -4.86. The Morgan fingerprint density at radius 2 is 1.89 bits per heavy atom. The van der Waals surface area contributed by atoms with Crippen molar-refractivity contribution < 1.29 is 56.6 Å². The largest absolute Gasteiger partial charge is 1.00 e. The summed E-state index contributed by atoms with van der Waals surface area (Å²) in [6.07, 6.45) is -1.23. The molecule has 0 saturated heterocycles. The van der Waals surface area contributed by atoms with Crippen molar-refractivity contribution in [3.05, 3.63) is 29.3 Å². The Bertz CT molecular complexity index is 449. The molecular weight excluding hydrogens is 295 g/mol. The summed E-state index contributed by atoms with van der Waals surface area (Å²) in [4.78, 5) is 0. The van der Waals surface area contributed by atoms with E-state index in [9.17, 15) is 13.0 Å². The van der Waals surface area contributed by atoms with Gasteiger partial charge < -0.3 is 14.4 Å². The molecule has 1 rings (SSSR count). The Labute approximate surface area is 132 Å². The first-order chi connectivity index (χ1) is 7.90. The van der Waals surface area contributed by atoms with Crippen LogP contribution in [0.25, 0.3) is 0 Å². The summed E-state index contributed by atoms with van der Waals surface area (Å²) in [5.41, 5.74) is 0. The molecule has 0 fully saturated rings. The molecule has 1 unspecified atom stereocenters. The Hall–Kier alpha value is 0.140. The second-order valence-corrected chi connectivity index (χ2v) is 4.52. The van der Waals surface area contributed by atoms with Crippen LogP contribution in [0, 0.1) is 0 Å². The maximum Gasteiger partial charge on any atom is 1.00 e. The van der Waals surface area contributed by atoms with Crippen molar-refractivity contribution in [2.45, 2.75) is 6.10 Å². The molecule has 9 heteroatoms. The van der Waals surface area contributed by atoms with Crippen LogP contribution in [0.15, 0.2) is 24.3 Å². The van der Waals surface area contributed by atoms with Gasteiger partial charge in [-0.1, -0.05) is 11.6 Å². The summed E-state index contributed by atoms with van der Waals surface area (Å²) >= 11 is 5.65. The van der Waals surface area contributed by atoms with Gasteiger partial charge in [0.25, 0.3) is 0 Å². The van der Waals surface area contributed by atoms with E-state index in [4.69, 9.17) is 21.4 Å². The van der Waals surface area contributed by atoms with Gasteiger partial charge in [0.2, 0.25) is 10.4 Å². The van der Waals surface area contributed by atoms with Crippen LogP contribution in [-0.4, -0.2) is 37.4 Å². The number of halogens is 1. The van der Waals surface area contributed by atoms with Crippen molar-refractivity contribution >= 4 is 22.0 Å². The van der Waals surface area contributed by atoms with E-state index in [0.29, 0.717) is 10.8 Å². The fourth-order valence-electron chi connectivity index (χ4n) is 0.998. The van der Waals surface area contributed by atoms with Gasteiger partial charge in [-0.2, -0.15) is 0 Å². The van der Waals surface area contributed by atoms with E-state index in [1.165, 1.54) is 0 Å². The van der Waals surface area contributed by atoms with Crippen molar-refractivity contribution in [3.63, 3.8) is 0 Å². The predicted octanol–water partition coefficient (Wildman–Crippen LogP) is -2.44. The molecule has 1 aromatic carbocycles. The molecule has 6 nitrogen and oxygen atoms in total. The molecule has 0 spiro atoms. The van der Waals surface area contributed by atoms with E-state index < -0.39 is 23.1 Å². The third kappa shape index (κ3) is 7.55. The van der Waals surface area contributed by atoms with Gasteiger partial charge in [0.05, 0.1) is 6.61 Å². The molecule has 1 N–H and O–H groups in total. The van der Waals surface area contributed by atoms with Crippen LogP contribution in [0.1, 0.15) is 0 Å². The van der Waals surface area contributed by atoms with E-state index in [0.717, 1.165) is 0 Å². The van der Waals surface area contributed by atoms with Gasteiger partial charge in [-0.3, -0.25) is 4.18 Å². The minimum atomic E-state index is -4.86. The van der Waals surface area contributed by atoms with Gasteiger partial charge in [-0.25, -0.2) is 8.42 Å². The van der Waals surface area contributed by atoms with Crippen molar-refractivity contribution in [2.24, 2.45) is 0 Å². The average Bonchev–Trinajstić information content (AvgIpc) is 2.25. The van der Waals surface area contributed by atoms with Gasteiger partial charge >= 0.3 is 29.6 Å². The standard InChI is InChI=1S/C9H11ClO6S.Na/c10-7-1-3-8(4-2-7)15-6-9(5-11)16-17(12,13)14;/h1-4,9,11H,5-6H2,(H,12,13,14);/q;+1/p-1. The number of aliphatic hydroxyl groups excluding tert-OH is 1. The van der Waals surface area contributed by atoms with Crippen LogP contribution in [0.5, 0.6) is 5.75 Å². The van der Waals surface area contributed by atoms with E-state index in [1.807, 2.05) is 0 Å². The maximum atomic E-state index is 10.3. The second kappa shape index (κ2) is 8.34. The van der Waals surface area contributed by atoms with Crippen LogP contribution >= 0.6 is 11.6 Å². The molecule has 0 aromatic heterocycles. The number of aliphatic hydroxyl groups is 1. The molecule has 0 bridgehead atoms. The summed E-state index contributed by atoms with van der Waals surface area (Å²) in [6, 6.07) is 6.27. The Morgan fingerprint density at radius 1 is 1.33 bits per heavy atom. The molecule has 0 aliphatic heterocycles. The molecule has 0 radical (unpaired) electrons. The average molecular weight is 305 g/mol. The third-order valence-corrected chi connectivity index (χ3v) is 2.47. The van der Waals surface area contributed by atoms with E-state index in [-0.39, 0.29) is 36.2 Å². The fourth-order valence-corrected chi connectivity index (χ4v) is 1.57. The predicted molar refractivity (Wildman–Crippen MR) is 58.6 cm³/mol. The maximum absolute atomic E-state index is 10.3. The van der Waals surface area contributed by atoms with Crippen LogP contribution in [0.2, 0.25) is 5.02 Å².